The maximum absolute atomic E-state index is 12.2. The predicted octanol–water partition coefficient (Wildman–Crippen LogP) is 3.48. The Morgan fingerprint density at radius 1 is 1.41 bits per heavy atom. The Bertz CT molecular complexity index is 630. The molecule has 0 spiro atoms. The summed E-state index contributed by atoms with van der Waals surface area (Å²) in [5.74, 6) is 2.12. The zero-order chi connectivity index (χ0) is 16.1. The van der Waals surface area contributed by atoms with Crippen molar-refractivity contribution in [3.05, 3.63) is 46.6 Å². The highest BCUT2D eigenvalue weighted by Crippen LogP contribution is 2.22. The lowest BCUT2D eigenvalue weighted by Gasteiger charge is -2.25. The third kappa shape index (κ3) is 4.48. The van der Waals surface area contributed by atoms with Gasteiger partial charge < -0.3 is 9.42 Å². The second kappa shape index (κ2) is 7.65. The van der Waals surface area contributed by atoms with Crippen molar-refractivity contribution in [3.8, 4) is 0 Å². The molecule has 0 radical (unpaired) electrons. The van der Waals surface area contributed by atoms with Crippen LogP contribution >= 0.6 is 23.4 Å². The Balaban J connectivity index is 1.84. The summed E-state index contributed by atoms with van der Waals surface area (Å²) in [6, 6.07) is 7.53. The van der Waals surface area contributed by atoms with E-state index in [2.05, 4.69) is 10.1 Å². The number of aromatic nitrogens is 2. The number of hydrogen-bond acceptors (Lipinski definition) is 5. The van der Waals surface area contributed by atoms with Crippen LogP contribution in [0.5, 0.6) is 0 Å². The number of benzene rings is 1. The first kappa shape index (κ1) is 16.8. The van der Waals surface area contributed by atoms with Crippen LogP contribution in [0.15, 0.2) is 28.8 Å². The van der Waals surface area contributed by atoms with Gasteiger partial charge in [0.1, 0.15) is 0 Å². The summed E-state index contributed by atoms with van der Waals surface area (Å²) >= 11 is 7.35. The molecule has 1 aromatic carbocycles. The largest absolute Gasteiger partial charge is 0.338 e. The maximum Gasteiger partial charge on any atom is 0.236 e. The molecule has 1 aromatic heterocycles. The number of nitrogens with zero attached hydrogens (tertiary/aromatic N) is 3. The molecule has 2 rings (SSSR count). The van der Waals surface area contributed by atoms with E-state index in [-0.39, 0.29) is 11.9 Å². The lowest BCUT2D eigenvalue weighted by atomic mass is 10.1. The number of halogens is 1. The van der Waals surface area contributed by atoms with Crippen molar-refractivity contribution in [1.29, 1.82) is 0 Å². The molecule has 5 nitrogen and oxygen atoms in total. The average Bonchev–Trinajstić information content (AvgIpc) is 2.92. The molecule has 22 heavy (non-hydrogen) atoms. The monoisotopic (exact) mass is 339 g/mol. The minimum atomic E-state index is -0.00369. The number of aryl methyl sites for hydroxylation is 1. The van der Waals surface area contributed by atoms with Gasteiger partial charge in [-0.25, -0.2) is 0 Å². The summed E-state index contributed by atoms with van der Waals surface area (Å²) in [6.07, 6.45) is 0. The van der Waals surface area contributed by atoms with Gasteiger partial charge in [-0.3, -0.25) is 4.79 Å². The predicted molar refractivity (Wildman–Crippen MR) is 87.8 cm³/mol. The highest BCUT2D eigenvalue weighted by molar-refractivity contribution is 7.99. The molecule has 0 N–H and O–H groups in total. The number of thioether (sulfide) groups is 1. The van der Waals surface area contributed by atoms with E-state index in [4.69, 9.17) is 16.1 Å². The van der Waals surface area contributed by atoms with Crippen LogP contribution in [0.25, 0.3) is 0 Å². The Labute approximate surface area is 139 Å². The van der Waals surface area contributed by atoms with Gasteiger partial charge in [0, 0.05) is 12.1 Å². The van der Waals surface area contributed by atoms with E-state index in [0.29, 0.717) is 28.2 Å². The normalized spacial score (nSPS) is 12.2. The van der Waals surface area contributed by atoms with Crippen molar-refractivity contribution in [2.45, 2.75) is 25.6 Å². The highest BCUT2D eigenvalue weighted by Gasteiger charge is 2.17. The lowest BCUT2D eigenvalue weighted by molar-refractivity contribution is -0.128. The quantitative estimate of drug-likeness (QED) is 0.806. The van der Waals surface area contributed by atoms with Crippen molar-refractivity contribution in [2.75, 3.05) is 12.8 Å². The molecule has 2 aromatic rings. The van der Waals surface area contributed by atoms with Gasteiger partial charge in [-0.15, -0.1) is 11.8 Å². The molecule has 7 heteroatoms. The van der Waals surface area contributed by atoms with Crippen molar-refractivity contribution < 1.29 is 9.32 Å². The molecule has 0 saturated carbocycles. The molecule has 0 aliphatic heterocycles. The average molecular weight is 340 g/mol. The molecule has 0 aliphatic carbocycles. The Kier molecular flexibility index (Phi) is 5.85. The summed E-state index contributed by atoms with van der Waals surface area (Å²) in [4.78, 5) is 18.1. The maximum atomic E-state index is 12.2. The summed E-state index contributed by atoms with van der Waals surface area (Å²) in [5, 5.41) is 4.41. The first-order chi connectivity index (χ1) is 10.5. The molecular formula is C15H18ClN3O2S. The van der Waals surface area contributed by atoms with Crippen LogP contribution in [-0.4, -0.2) is 33.7 Å². The fourth-order valence-corrected chi connectivity index (χ4v) is 2.81. The molecule has 0 bridgehead atoms. The number of carbonyl (C=O) groups excluding carboxylic acids is 1. The van der Waals surface area contributed by atoms with Crippen molar-refractivity contribution in [3.63, 3.8) is 0 Å². The Morgan fingerprint density at radius 2 is 2.09 bits per heavy atom. The van der Waals surface area contributed by atoms with E-state index in [1.165, 1.54) is 11.8 Å². The van der Waals surface area contributed by atoms with Crippen LogP contribution in [-0.2, 0) is 10.5 Å². The van der Waals surface area contributed by atoms with E-state index in [1.54, 1.807) is 18.9 Å². The van der Waals surface area contributed by atoms with Crippen LogP contribution in [0.1, 0.15) is 30.2 Å². The molecule has 1 amide bonds. The summed E-state index contributed by atoms with van der Waals surface area (Å²) in [5.41, 5.74) is 1.05. The number of amides is 1. The standard InChI is InChI=1S/C15H18ClN3O2S/c1-10(12-4-6-13(16)7-5-12)19(3)15(20)9-22-8-14-17-11(2)18-21-14/h4-7,10H,8-9H2,1-3H3. The fraction of sp³-hybridized carbons (Fsp3) is 0.400. The van der Waals surface area contributed by atoms with E-state index in [9.17, 15) is 4.79 Å². The topological polar surface area (TPSA) is 59.2 Å². The van der Waals surface area contributed by atoms with Crippen LogP contribution in [0, 0.1) is 6.92 Å². The van der Waals surface area contributed by atoms with Crippen LogP contribution < -0.4 is 0 Å². The molecule has 118 valence electrons. The van der Waals surface area contributed by atoms with Gasteiger partial charge in [0.15, 0.2) is 5.82 Å². The van der Waals surface area contributed by atoms with E-state index < -0.39 is 0 Å². The minimum Gasteiger partial charge on any atom is -0.338 e. The smallest absolute Gasteiger partial charge is 0.236 e. The van der Waals surface area contributed by atoms with E-state index >= 15 is 0 Å². The van der Waals surface area contributed by atoms with Crippen LogP contribution in [0.3, 0.4) is 0 Å². The van der Waals surface area contributed by atoms with Gasteiger partial charge in [-0.1, -0.05) is 28.9 Å². The molecule has 1 heterocycles. The second-order valence-electron chi connectivity index (χ2n) is 4.96. The summed E-state index contributed by atoms with van der Waals surface area (Å²) in [7, 11) is 1.80. The number of carbonyl (C=O) groups is 1. The Hall–Kier alpha value is -1.53. The number of hydrogen-bond donors (Lipinski definition) is 0. The van der Waals surface area contributed by atoms with E-state index in [0.717, 1.165) is 5.56 Å². The second-order valence-corrected chi connectivity index (χ2v) is 6.38. The third-order valence-electron chi connectivity index (χ3n) is 3.35. The fourth-order valence-electron chi connectivity index (χ4n) is 1.91. The van der Waals surface area contributed by atoms with Gasteiger partial charge in [-0.2, -0.15) is 4.98 Å². The molecular weight excluding hydrogens is 322 g/mol. The van der Waals surface area contributed by atoms with Gasteiger partial charge in [0.05, 0.1) is 17.5 Å². The van der Waals surface area contributed by atoms with Crippen LogP contribution in [0.4, 0.5) is 0 Å². The zero-order valence-corrected chi connectivity index (χ0v) is 14.3. The van der Waals surface area contributed by atoms with Crippen molar-refractivity contribution in [1.82, 2.24) is 15.0 Å². The van der Waals surface area contributed by atoms with Crippen molar-refractivity contribution >= 4 is 29.3 Å². The first-order valence-corrected chi connectivity index (χ1v) is 8.38. The molecule has 0 fully saturated rings. The zero-order valence-electron chi connectivity index (χ0n) is 12.7. The van der Waals surface area contributed by atoms with Gasteiger partial charge in [-0.05, 0) is 31.5 Å². The summed E-state index contributed by atoms with van der Waals surface area (Å²) in [6.45, 7) is 3.76. The lowest BCUT2D eigenvalue weighted by Crippen LogP contribution is -2.31. The van der Waals surface area contributed by atoms with Crippen molar-refractivity contribution in [2.24, 2.45) is 0 Å². The molecule has 1 unspecified atom stereocenters. The molecule has 1 atom stereocenters. The van der Waals surface area contributed by atoms with Gasteiger partial charge in [0.2, 0.25) is 11.8 Å². The first-order valence-electron chi connectivity index (χ1n) is 6.85. The molecule has 0 saturated heterocycles. The van der Waals surface area contributed by atoms with E-state index in [1.807, 2.05) is 31.2 Å². The third-order valence-corrected chi connectivity index (χ3v) is 4.50. The van der Waals surface area contributed by atoms with Crippen LogP contribution in [0.2, 0.25) is 5.02 Å². The van der Waals surface area contributed by atoms with Gasteiger partial charge >= 0.3 is 0 Å². The Morgan fingerprint density at radius 3 is 2.68 bits per heavy atom. The minimum absolute atomic E-state index is 0.00369. The molecule has 0 aliphatic rings. The highest BCUT2D eigenvalue weighted by atomic mass is 35.5. The number of rotatable bonds is 6. The SMILES string of the molecule is Cc1noc(CSCC(=O)N(C)C(C)c2ccc(Cl)cc2)n1. The summed E-state index contributed by atoms with van der Waals surface area (Å²) < 4.78 is 5.02. The van der Waals surface area contributed by atoms with Gasteiger partial charge in [0.25, 0.3) is 0 Å².